The van der Waals surface area contributed by atoms with Crippen molar-refractivity contribution in [2.75, 3.05) is 18.0 Å². The highest BCUT2D eigenvalue weighted by Gasteiger charge is 2.33. The number of hydrogen-bond donors (Lipinski definition) is 0. The Balaban J connectivity index is 2.39. The number of rotatable bonds is 2. The summed E-state index contributed by atoms with van der Waals surface area (Å²) in [6.07, 6.45) is 0. The smallest absolute Gasteiger partial charge is 0.252 e. The van der Waals surface area contributed by atoms with Crippen LogP contribution in [0.2, 0.25) is 5.02 Å². The summed E-state index contributed by atoms with van der Waals surface area (Å²) < 4.78 is 0. The van der Waals surface area contributed by atoms with Crippen molar-refractivity contribution < 1.29 is 4.79 Å². The van der Waals surface area contributed by atoms with Crippen LogP contribution in [0.4, 0.5) is 5.69 Å². The summed E-state index contributed by atoms with van der Waals surface area (Å²) in [5, 5.41) is 1.07. The normalized spacial score (nSPS) is 16.1. The van der Waals surface area contributed by atoms with Crippen molar-refractivity contribution in [2.45, 2.75) is 6.92 Å². The van der Waals surface area contributed by atoms with Gasteiger partial charge >= 0.3 is 0 Å². The Bertz CT molecular complexity index is 449. The number of halogens is 1. The van der Waals surface area contributed by atoms with E-state index in [2.05, 4.69) is 0 Å². The number of hydrogen-bond acceptors (Lipinski definition) is 2. The van der Waals surface area contributed by atoms with E-state index < -0.39 is 0 Å². The number of likely N-dealkylation sites (N-methyl/N-ethyl adjacent to an activating group) is 1. The van der Waals surface area contributed by atoms with Crippen molar-refractivity contribution >= 4 is 40.5 Å². The summed E-state index contributed by atoms with van der Waals surface area (Å²) >= 11 is 11.3. The van der Waals surface area contributed by atoms with Gasteiger partial charge in [-0.3, -0.25) is 9.69 Å². The summed E-state index contributed by atoms with van der Waals surface area (Å²) in [5.74, 6) is -0.0278. The minimum atomic E-state index is -0.0278. The fraction of sp³-hybridized carbons (Fsp3) is 0.273. The molecule has 0 radical (unpaired) electrons. The van der Waals surface area contributed by atoms with Crippen molar-refractivity contribution in [3.05, 3.63) is 29.3 Å². The van der Waals surface area contributed by atoms with Crippen LogP contribution in [0.5, 0.6) is 0 Å². The Hall–Kier alpha value is -1.13. The molecule has 0 aliphatic carbocycles. The molecule has 0 bridgehead atoms. The van der Waals surface area contributed by atoms with Crippen molar-refractivity contribution in [3.63, 3.8) is 0 Å². The SMILES string of the molecule is CCN1CC(=O)N(c2ccccc2Cl)C1=S. The standard InChI is InChI=1S/C11H11ClN2OS/c1-2-13-7-10(15)14(11(13)16)9-6-4-3-5-8(9)12/h3-6H,2,7H2,1H3. The van der Waals surface area contributed by atoms with E-state index >= 15 is 0 Å². The minimum Gasteiger partial charge on any atom is -0.339 e. The number of para-hydroxylation sites is 1. The molecule has 1 aliphatic heterocycles. The van der Waals surface area contributed by atoms with E-state index in [-0.39, 0.29) is 5.91 Å². The first-order valence-electron chi connectivity index (χ1n) is 5.01. The Morgan fingerprint density at radius 2 is 2.12 bits per heavy atom. The lowest BCUT2D eigenvalue weighted by atomic mass is 10.3. The molecule has 0 unspecified atom stereocenters. The van der Waals surface area contributed by atoms with Gasteiger partial charge in [-0.2, -0.15) is 0 Å². The van der Waals surface area contributed by atoms with Gasteiger partial charge in [0, 0.05) is 6.54 Å². The molecule has 2 rings (SSSR count). The van der Waals surface area contributed by atoms with Gasteiger partial charge in [0.15, 0.2) is 5.11 Å². The lowest BCUT2D eigenvalue weighted by Crippen LogP contribution is -2.32. The average molecular weight is 255 g/mol. The van der Waals surface area contributed by atoms with Gasteiger partial charge in [-0.05, 0) is 31.3 Å². The van der Waals surface area contributed by atoms with Gasteiger partial charge < -0.3 is 4.90 Å². The molecule has 1 aromatic carbocycles. The monoisotopic (exact) mass is 254 g/mol. The largest absolute Gasteiger partial charge is 0.339 e. The van der Waals surface area contributed by atoms with Crippen LogP contribution in [-0.4, -0.2) is 29.0 Å². The lowest BCUT2D eigenvalue weighted by molar-refractivity contribution is -0.116. The van der Waals surface area contributed by atoms with Gasteiger partial charge in [-0.1, -0.05) is 23.7 Å². The maximum absolute atomic E-state index is 11.8. The maximum atomic E-state index is 11.8. The molecular weight excluding hydrogens is 244 g/mol. The topological polar surface area (TPSA) is 23.6 Å². The Morgan fingerprint density at radius 1 is 1.44 bits per heavy atom. The van der Waals surface area contributed by atoms with Crippen LogP contribution in [0.25, 0.3) is 0 Å². The van der Waals surface area contributed by atoms with Crippen LogP contribution in [0.15, 0.2) is 24.3 Å². The molecule has 0 atom stereocenters. The zero-order chi connectivity index (χ0) is 11.7. The molecular formula is C11H11ClN2OS. The van der Waals surface area contributed by atoms with Crippen LogP contribution in [0.3, 0.4) is 0 Å². The second kappa shape index (κ2) is 4.39. The van der Waals surface area contributed by atoms with E-state index in [9.17, 15) is 4.79 Å². The van der Waals surface area contributed by atoms with Gasteiger partial charge in [0.1, 0.15) is 0 Å². The zero-order valence-electron chi connectivity index (χ0n) is 8.81. The van der Waals surface area contributed by atoms with Gasteiger partial charge in [0.05, 0.1) is 17.3 Å². The Morgan fingerprint density at radius 3 is 2.69 bits per heavy atom. The van der Waals surface area contributed by atoms with Crippen LogP contribution in [0, 0.1) is 0 Å². The number of thiocarbonyl (C=S) groups is 1. The van der Waals surface area contributed by atoms with Crippen LogP contribution >= 0.6 is 23.8 Å². The molecule has 16 heavy (non-hydrogen) atoms. The highest BCUT2D eigenvalue weighted by Crippen LogP contribution is 2.28. The summed E-state index contributed by atoms with van der Waals surface area (Å²) in [6, 6.07) is 7.21. The van der Waals surface area contributed by atoms with Gasteiger partial charge in [-0.15, -0.1) is 0 Å². The lowest BCUT2D eigenvalue weighted by Gasteiger charge is -2.19. The van der Waals surface area contributed by atoms with E-state index in [0.29, 0.717) is 22.4 Å². The number of benzene rings is 1. The highest BCUT2D eigenvalue weighted by molar-refractivity contribution is 7.80. The van der Waals surface area contributed by atoms with E-state index in [1.165, 1.54) is 4.90 Å². The average Bonchev–Trinajstić information content (AvgIpc) is 2.55. The van der Waals surface area contributed by atoms with E-state index in [0.717, 1.165) is 6.54 Å². The molecule has 0 N–H and O–H groups in total. The third-order valence-electron chi connectivity index (χ3n) is 2.51. The van der Waals surface area contributed by atoms with Crippen molar-refractivity contribution in [1.29, 1.82) is 0 Å². The number of anilines is 1. The fourth-order valence-corrected chi connectivity index (χ4v) is 2.28. The molecule has 1 fully saturated rings. The van der Waals surface area contributed by atoms with Crippen molar-refractivity contribution in [1.82, 2.24) is 4.90 Å². The molecule has 0 spiro atoms. The van der Waals surface area contributed by atoms with Gasteiger partial charge in [0.2, 0.25) is 0 Å². The molecule has 1 amide bonds. The summed E-state index contributed by atoms with van der Waals surface area (Å²) in [7, 11) is 0. The molecule has 1 heterocycles. The first-order valence-corrected chi connectivity index (χ1v) is 5.80. The number of nitrogens with zero attached hydrogens (tertiary/aromatic N) is 2. The third-order valence-corrected chi connectivity index (χ3v) is 3.27. The van der Waals surface area contributed by atoms with Crippen molar-refractivity contribution in [2.24, 2.45) is 0 Å². The quantitative estimate of drug-likeness (QED) is 0.757. The molecule has 5 heteroatoms. The Labute approximate surface area is 105 Å². The van der Waals surface area contributed by atoms with Gasteiger partial charge in [0.25, 0.3) is 5.91 Å². The van der Waals surface area contributed by atoms with Crippen LogP contribution in [0.1, 0.15) is 6.92 Å². The number of amides is 1. The Kier molecular flexibility index (Phi) is 3.12. The molecule has 1 aliphatic rings. The van der Waals surface area contributed by atoms with E-state index in [4.69, 9.17) is 23.8 Å². The fourth-order valence-electron chi connectivity index (χ4n) is 1.67. The molecule has 1 saturated heterocycles. The summed E-state index contributed by atoms with van der Waals surface area (Å²) in [5.41, 5.74) is 0.662. The molecule has 0 saturated carbocycles. The maximum Gasteiger partial charge on any atom is 0.252 e. The predicted octanol–water partition coefficient (Wildman–Crippen LogP) is 2.29. The van der Waals surface area contributed by atoms with Gasteiger partial charge in [-0.25, -0.2) is 0 Å². The number of carbonyl (C=O) groups excluding carboxylic acids is 1. The van der Waals surface area contributed by atoms with E-state index in [1.807, 2.05) is 24.0 Å². The second-order valence-electron chi connectivity index (χ2n) is 3.48. The molecule has 3 nitrogen and oxygen atoms in total. The summed E-state index contributed by atoms with van der Waals surface area (Å²) in [6.45, 7) is 3.03. The number of carbonyl (C=O) groups is 1. The third kappa shape index (κ3) is 1.79. The van der Waals surface area contributed by atoms with Crippen molar-refractivity contribution in [3.8, 4) is 0 Å². The molecule has 1 aromatic rings. The summed E-state index contributed by atoms with van der Waals surface area (Å²) in [4.78, 5) is 15.2. The predicted molar refractivity (Wildman–Crippen MR) is 68.8 cm³/mol. The van der Waals surface area contributed by atoms with E-state index in [1.54, 1.807) is 12.1 Å². The first-order chi connectivity index (χ1) is 7.65. The van der Waals surface area contributed by atoms with Crippen LogP contribution < -0.4 is 4.90 Å². The van der Waals surface area contributed by atoms with Crippen LogP contribution in [-0.2, 0) is 4.79 Å². The first kappa shape index (κ1) is 11.4. The highest BCUT2D eigenvalue weighted by atomic mass is 35.5. The zero-order valence-corrected chi connectivity index (χ0v) is 10.4. The molecule has 84 valence electrons. The molecule has 0 aromatic heterocycles. The second-order valence-corrected chi connectivity index (χ2v) is 4.25. The minimum absolute atomic E-state index is 0.0278.